The minimum absolute atomic E-state index is 0.0387. The second-order valence-corrected chi connectivity index (χ2v) is 5.26. The zero-order valence-electron chi connectivity index (χ0n) is 10.5. The van der Waals surface area contributed by atoms with Gasteiger partial charge in [-0.3, -0.25) is 4.79 Å². The van der Waals surface area contributed by atoms with Crippen molar-refractivity contribution >= 4 is 5.91 Å². The van der Waals surface area contributed by atoms with Crippen LogP contribution in [0.25, 0.3) is 0 Å². The van der Waals surface area contributed by atoms with Crippen LogP contribution in [0.3, 0.4) is 0 Å². The summed E-state index contributed by atoms with van der Waals surface area (Å²) in [6.45, 7) is 1.75. The molecule has 3 atom stereocenters. The Labute approximate surface area is 102 Å². The highest BCUT2D eigenvalue weighted by Crippen LogP contribution is 2.29. The summed E-state index contributed by atoms with van der Waals surface area (Å²) in [7, 11) is 0. The molecule has 0 radical (unpaired) electrons. The molecule has 0 aromatic carbocycles. The highest BCUT2D eigenvalue weighted by atomic mass is 16.3. The van der Waals surface area contributed by atoms with E-state index in [-0.39, 0.29) is 30.9 Å². The fourth-order valence-electron chi connectivity index (χ4n) is 2.30. The van der Waals surface area contributed by atoms with Crippen LogP contribution in [0.15, 0.2) is 0 Å². The van der Waals surface area contributed by atoms with Crippen molar-refractivity contribution in [3.63, 3.8) is 0 Å². The van der Waals surface area contributed by atoms with E-state index >= 15 is 0 Å². The van der Waals surface area contributed by atoms with Crippen molar-refractivity contribution in [2.75, 3.05) is 19.7 Å². The van der Waals surface area contributed by atoms with Gasteiger partial charge in [0.15, 0.2) is 0 Å². The number of aliphatic hydroxyl groups excluding tert-OH is 1. The number of carbonyl (C=O) groups excluding carboxylic acids is 1. The lowest BCUT2D eigenvalue weighted by atomic mass is 9.78. The van der Waals surface area contributed by atoms with Crippen molar-refractivity contribution < 1.29 is 15.0 Å². The Balaban J connectivity index is 2.45. The van der Waals surface area contributed by atoms with Gasteiger partial charge in [-0.05, 0) is 32.2 Å². The van der Waals surface area contributed by atoms with Crippen molar-refractivity contribution in [2.24, 2.45) is 17.6 Å². The topological polar surface area (TPSA) is 95.6 Å². The van der Waals surface area contributed by atoms with Crippen molar-refractivity contribution in [2.45, 2.75) is 38.2 Å². The molecule has 1 saturated carbocycles. The number of hydrogen-bond acceptors (Lipinski definition) is 4. The summed E-state index contributed by atoms with van der Waals surface area (Å²) >= 11 is 0. The average molecular weight is 244 g/mol. The Kier molecular flexibility index (Phi) is 5.36. The number of hydrogen-bond donors (Lipinski definition) is 4. The van der Waals surface area contributed by atoms with Gasteiger partial charge in [-0.1, -0.05) is 12.8 Å². The van der Waals surface area contributed by atoms with E-state index in [2.05, 4.69) is 5.32 Å². The van der Waals surface area contributed by atoms with Crippen LogP contribution >= 0.6 is 0 Å². The molecule has 0 aromatic rings. The van der Waals surface area contributed by atoms with Crippen LogP contribution in [0.5, 0.6) is 0 Å². The molecule has 1 aliphatic carbocycles. The lowest BCUT2D eigenvalue weighted by Gasteiger charge is -2.30. The lowest BCUT2D eigenvalue weighted by Crippen LogP contribution is -2.47. The summed E-state index contributed by atoms with van der Waals surface area (Å²) in [6.07, 6.45) is 4.07. The minimum Gasteiger partial charge on any atom is -0.393 e. The van der Waals surface area contributed by atoms with Crippen LogP contribution in [-0.4, -0.2) is 41.4 Å². The first kappa shape index (κ1) is 14.4. The van der Waals surface area contributed by atoms with Crippen molar-refractivity contribution in [3.8, 4) is 0 Å². The Hall–Kier alpha value is -0.650. The van der Waals surface area contributed by atoms with Gasteiger partial charge in [-0.25, -0.2) is 0 Å². The molecule has 1 rings (SSSR count). The fraction of sp³-hybridized carbons (Fsp3) is 0.917. The Morgan fingerprint density at radius 3 is 2.71 bits per heavy atom. The van der Waals surface area contributed by atoms with Gasteiger partial charge in [0, 0.05) is 12.5 Å². The van der Waals surface area contributed by atoms with Crippen LogP contribution in [0, 0.1) is 11.8 Å². The fourth-order valence-corrected chi connectivity index (χ4v) is 2.30. The van der Waals surface area contributed by atoms with Crippen LogP contribution in [0.1, 0.15) is 32.6 Å². The molecule has 0 aliphatic heterocycles. The molecule has 1 amide bonds. The summed E-state index contributed by atoms with van der Waals surface area (Å²) in [5.74, 6) is 0.167. The molecule has 5 heteroatoms. The molecular formula is C12H24N2O3. The summed E-state index contributed by atoms with van der Waals surface area (Å²) in [6, 6.07) is 0. The van der Waals surface area contributed by atoms with Gasteiger partial charge in [-0.15, -0.1) is 0 Å². The van der Waals surface area contributed by atoms with E-state index in [0.717, 1.165) is 25.7 Å². The molecule has 3 unspecified atom stereocenters. The van der Waals surface area contributed by atoms with Gasteiger partial charge in [0.1, 0.15) is 5.60 Å². The molecule has 100 valence electrons. The summed E-state index contributed by atoms with van der Waals surface area (Å²) in [5.41, 5.74) is 4.42. The van der Waals surface area contributed by atoms with Crippen LogP contribution in [-0.2, 0) is 4.79 Å². The molecule has 17 heavy (non-hydrogen) atoms. The second-order valence-electron chi connectivity index (χ2n) is 5.26. The van der Waals surface area contributed by atoms with Gasteiger partial charge in [0.2, 0.25) is 5.91 Å². The number of amides is 1. The first-order valence-corrected chi connectivity index (χ1v) is 6.31. The standard InChI is InChI=1S/C12H24N2O3/c1-12(17,8-15)7-14-11(16)10-5-3-2-4-9(10)6-13/h9-10,15,17H,2-8,13H2,1H3,(H,14,16). The smallest absolute Gasteiger partial charge is 0.223 e. The Morgan fingerprint density at radius 2 is 2.12 bits per heavy atom. The molecular weight excluding hydrogens is 220 g/mol. The first-order chi connectivity index (χ1) is 8.00. The molecule has 0 bridgehead atoms. The second kappa shape index (κ2) is 6.33. The van der Waals surface area contributed by atoms with E-state index in [0.29, 0.717) is 6.54 Å². The number of nitrogens with two attached hydrogens (primary N) is 1. The molecule has 0 heterocycles. The van der Waals surface area contributed by atoms with Crippen LogP contribution < -0.4 is 11.1 Å². The SMILES string of the molecule is CC(O)(CO)CNC(=O)C1CCCCC1CN. The number of nitrogens with one attached hydrogen (secondary N) is 1. The number of aliphatic hydroxyl groups is 2. The molecule has 1 fully saturated rings. The normalized spacial score (nSPS) is 28.5. The van der Waals surface area contributed by atoms with E-state index in [1.807, 2.05) is 0 Å². The maximum absolute atomic E-state index is 12.0. The number of carbonyl (C=O) groups is 1. The van der Waals surface area contributed by atoms with Crippen LogP contribution in [0.4, 0.5) is 0 Å². The van der Waals surface area contributed by atoms with E-state index in [4.69, 9.17) is 10.8 Å². The molecule has 0 saturated heterocycles. The third-order valence-electron chi connectivity index (χ3n) is 3.53. The van der Waals surface area contributed by atoms with E-state index < -0.39 is 5.60 Å². The molecule has 0 spiro atoms. The zero-order chi connectivity index (χ0) is 12.9. The minimum atomic E-state index is -1.25. The van der Waals surface area contributed by atoms with Gasteiger partial charge in [0.05, 0.1) is 6.61 Å². The van der Waals surface area contributed by atoms with Gasteiger partial charge < -0.3 is 21.3 Å². The third-order valence-corrected chi connectivity index (χ3v) is 3.53. The maximum atomic E-state index is 12.0. The molecule has 5 N–H and O–H groups in total. The predicted molar refractivity (Wildman–Crippen MR) is 65.2 cm³/mol. The zero-order valence-corrected chi connectivity index (χ0v) is 10.5. The first-order valence-electron chi connectivity index (χ1n) is 6.31. The Morgan fingerprint density at radius 1 is 1.47 bits per heavy atom. The van der Waals surface area contributed by atoms with E-state index in [1.165, 1.54) is 6.92 Å². The Bertz CT molecular complexity index is 256. The van der Waals surface area contributed by atoms with E-state index in [9.17, 15) is 9.90 Å². The van der Waals surface area contributed by atoms with Gasteiger partial charge >= 0.3 is 0 Å². The highest BCUT2D eigenvalue weighted by Gasteiger charge is 2.31. The predicted octanol–water partition coefficient (Wildman–Crippen LogP) is -0.389. The van der Waals surface area contributed by atoms with Crippen molar-refractivity contribution in [1.29, 1.82) is 0 Å². The quantitative estimate of drug-likeness (QED) is 0.530. The summed E-state index contributed by atoms with van der Waals surface area (Å²) in [5, 5.41) is 21.2. The molecule has 1 aliphatic rings. The van der Waals surface area contributed by atoms with Crippen LogP contribution in [0.2, 0.25) is 0 Å². The van der Waals surface area contributed by atoms with Crippen molar-refractivity contribution in [1.82, 2.24) is 5.32 Å². The third kappa shape index (κ3) is 4.26. The average Bonchev–Trinajstić information content (AvgIpc) is 2.36. The largest absolute Gasteiger partial charge is 0.393 e. The maximum Gasteiger partial charge on any atom is 0.223 e. The van der Waals surface area contributed by atoms with Crippen molar-refractivity contribution in [3.05, 3.63) is 0 Å². The highest BCUT2D eigenvalue weighted by molar-refractivity contribution is 5.79. The lowest BCUT2D eigenvalue weighted by molar-refractivity contribution is -0.129. The van der Waals surface area contributed by atoms with Gasteiger partial charge in [0.25, 0.3) is 0 Å². The molecule has 0 aromatic heterocycles. The van der Waals surface area contributed by atoms with E-state index in [1.54, 1.807) is 0 Å². The summed E-state index contributed by atoms with van der Waals surface area (Å²) in [4.78, 5) is 12.0. The van der Waals surface area contributed by atoms with Gasteiger partial charge in [-0.2, -0.15) is 0 Å². The molecule has 5 nitrogen and oxygen atoms in total. The monoisotopic (exact) mass is 244 g/mol. The summed E-state index contributed by atoms with van der Waals surface area (Å²) < 4.78 is 0. The number of rotatable bonds is 5.